The molecule has 0 saturated heterocycles. The quantitative estimate of drug-likeness (QED) is 0.755. The first-order chi connectivity index (χ1) is 8.63. The van der Waals surface area contributed by atoms with Crippen molar-refractivity contribution in [1.29, 1.82) is 0 Å². The van der Waals surface area contributed by atoms with Crippen molar-refractivity contribution in [2.24, 2.45) is 5.92 Å². The van der Waals surface area contributed by atoms with E-state index in [0.29, 0.717) is 18.0 Å². The number of aromatic nitrogens is 2. The van der Waals surface area contributed by atoms with Gasteiger partial charge in [0.15, 0.2) is 0 Å². The maximum Gasteiger partial charge on any atom is 0.306 e. The maximum absolute atomic E-state index is 11.5. The number of carboxylic acids is 1. The molecule has 6 nitrogen and oxygen atoms in total. The van der Waals surface area contributed by atoms with Gasteiger partial charge in [0.05, 0.1) is 5.92 Å². The van der Waals surface area contributed by atoms with Crippen molar-refractivity contribution >= 4 is 28.3 Å². The zero-order valence-corrected chi connectivity index (χ0v) is 11.1. The number of carbonyl (C=O) groups excluding carboxylic acids is 1. The van der Waals surface area contributed by atoms with E-state index >= 15 is 0 Å². The molecule has 0 fully saturated rings. The summed E-state index contributed by atoms with van der Waals surface area (Å²) in [5, 5.41) is 19.3. The second kappa shape index (κ2) is 7.75. The van der Waals surface area contributed by atoms with E-state index in [9.17, 15) is 9.59 Å². The van der Waals surface area contributed by atoms with E-state index < -0.39 is 11.9 Å². The molecule has 7 heteroatoms. The molecule has 100 valence electrons. The fraction of sp³-hybridized carbons (Fsp3) is 0.636. The van der Waals surface area contributed by atoms with E-state index in [1.807, 2.05) is 6.92 Å². The van der Waals surface area contributed by atoms with Gasteiger partial charge in [-0.15, -0.1) is 10.2 Å². The average molecular weight is 271 g/mol. The monoisotopic (exact) mass is 271 g/mol. The third kappa shape index (κ3) is 5.22. The largest absolute Gasteiger partial charge is 0.481 e. The van der Waals surface area contributed by atoms with Gasteiger partial charge in [0.25, 0.3) is 0 Å². The van der Waals surface area contributed by atoms with Crippen molar-refractivity contribution in [2.45, 2.75) is 39.0 Å². The predicted octanol–water partition coefficient (Wildman–Crippen LogP) is 2.15. The third-order valence-electron chi connectivity index (χ3n) is 2.58. The minimum Gasteiger partial charge on any atom is -0.481 e. The Morgan fingerprint density at radius 3 is 2.83 bits per heavy atom. The number of amides is 1. The van der Waals surface area contributed by atoms with Gasteiger partial charge in [-0.25, -0.2) is 0 Å². The van der Waals surface area contributed by atoms with Crippen LogP contribution in [0.5, 0.6) is 0 Å². The van der Waals surface area contributed by atoms with Crippen LogP contribution in [-0.2, 0) is 9.59 Å². The van der Waals surface area contributed by atoms with Gasteiger partial charge in [0, 0.05) is 6.42 Å². The molecule has 0 spiro atoms. The average Bonchev–Trinajstić information content (AvgIpc) is 2.81. The van der Waals surface area contributed by atoms with Crippen LogP contribution in [0.2, 0.25) is 0 Å². The smallest absolute Gasteiger partial charge is 0.306 e. The number of aliphatic carboxylic acids is 1. The summed E-state index contributed by atoms with van der Waals surface area (Å²) in [5.41, 5.74) is 1.52. The van der Waals surface area contributed by atoms with Gasteiger partial charge >= 0.3 is 5.97 Å². The lowest BCUT2D eigenvalue weighted by Gasteiger charge is -2.10. The van der Waals surface area contributed by atoms with Gasteiger partial charge in [-0.1, -0.05) is 31.1 Å². The Balaban J connectivity index is 2.32. The van der Waals surface area contributed by atoms with Crippen LogP contribution in [0.25, 0.3) is 0 Å². The Morgan fingerprint density at radius 2 is 2.28 bits per heavy atom. The van der Waals surface area contributed by atoms with E-state index in [1.165, 1.54) is 16.8 Å². The van der Waals surface area contributed by atoms with Crippen molar-refractivity contribution < 1.29 is 14.7 Å². The summed E-state index contributed by atoms with van der Waals surface area (Å²) in [6, 6.07) is 0. The molecule has 1 aromatic rings. The predicted molar refractivity (Wildman–Crippen MR) is 68.4 cm³/mol. The van der Waals surface area contributed by atoms with Crippen LogP contribution in [0.1, 0.15) is 39.0 Å². The highest BCUT2D eigenvalue weighted by Crippen LogP contribution is 2.16. The molecule has 1 heterocycles. The van der Waals surface area contributed by atoms with Gasteiger partial charge in [0.1, 0.15) is 5.51 Å². The zero-order valence-electron chi connectivity index (χ0n) is 10.3. The molecule has 0 aromatic carbocycles. The number of hydrogen-bond donors (Lipinski definition) is 2. The Kier molecular flexibility index (Phi) is 6.27. The number of unbranched alkanes of at least 4 members (excludes halogenated alkanes) is 1. The zero-order chi connectivity index (χ0) is 13.4. The lowest BCUT2D eigenvalue weighted by molar-refractivity contribution is -0.142. The number of rotatable bonds is 8. The number of nitrogens with zero attached hydrogens (tertiary/aromatic N) is 2. The topological polar surface area (TPSA) is 92.2 Å². The molecule has 0 aliphatic carbocycles. The second-order valence-electron chi connectivity index (χ2n) is 4.01. The van der Waals surface area contributed by atoms with E-state index in [-0.39, 0.29) is 12.3 Å². The van der Waals surface area contributed by atoms with Crippen LogP contribution < -0.4 is 5.32 Å². The second-order valence-corrected chi connectivity index (χ2v) is 4.84. The molecule has 0 aliphatic rings. The molecule has 0 saturated carbocycles. The minimum absolute atomic E-state index is 0.195. The molecular formula is C11H17N3O3S. The molecular weight excluding hydrogens is 254 g/mol. The molecule has 1 atom stereocenters. The van der Waals surface area contributed by atoms with Crippen molar-refractivity contribution in [3.05, 3.63) is 5.51 Å². The molecule has 2 N–H and O–H groups in total. The van der Waals surface area contributed by atoms with E-state index in [4.69, 9.17) is 5.11 Å². The number of carbonyl (C=O) groups is 2. The van der Waals surface area contributed by atoms with Crippen LogP contribution in [0.15, 0.2) is 5.51 Å². The van der Waals surface area contributed by atoms with Crippen molar-refractivity contribution in [3.8, 4) is 0 Å². The van der Waals surface area contributed by atoms with Crippen LogP contribution >= 0.6 is 11.3 Å². The fourth-order valence-corrected chi connectivity index (χ4v) is 2.02. The molecule has 0 bridgehead atoms. The molecule has 0 aliphatic heterocycles. The van der Waals surface area contributed by atoms with Crippen molar-refractivity contribution in [1.82, 2.24) is 10.2 Å². The molecule has 0 unspecified atom stereocenters. The Morgan fingerprint density at radius 1 is 1.50 bits per heavy atom. The summed E-state index contributed by atoms with van der Waals surface area (Å²) in [6.07, 6.45) is 3.01. The van der Waals surface area contributed by atoms with Gasteiger partial charge in [-0.2, -0.15) is 0 Å². The molecule has 1 amide bonds. The summed E-state index contributed by atoms with van der Waals surface area (Å²) in [7, 11) is 0. The third-order valence-corrected chi connectivity index (χ3v) is 3.19. The molecule has 18 heavy (non-hydrogen) atoms. The van der Waals surface area contributed by atoms with Crippen LogP contribution in [-0.4, -0.2) is 27.2 Å². The standard InChI is InChI=1S/C11H17N3O3S/c1-2-3-4-8(10(16)17)5-6-9(15)13-11-14-12-7-18-11/h7-8H,2-6H2,1H3,(H,16,17)(H,13,14,15)/t8-/m1/s1. The SMILES string of the molecule is CCCC[C@H](CCC(=O)Nc1nncs1)C(=O)O. The molecule has 1 rings (SSSR count). The van der Waals surface area contributed by atoms with Crippen molar-refractivity contribution in [2.75, 3.05) is 5.32 Å². The highest BCUT2D eigenvalue weighted by molar-refractivity contribution is 7.13. The van der Waals surface area contributed by atoms with Gasteiger partial charge < -0.3 is 10.4 Å². The lowest BCUT2D eigenvalue weighted by Crippen LogP contribution is -2.18. The number of hydrogen-bond acceptors (Lipinski definition) is 5. The van der Waals surface area contributed by atoms with Crippen LogP contribution in [0, 0.1) is 5.92 Å². The summed E-state index contributed by atoms with van der Waals surface area (Å²) in [5.74, 6) is -1.48. The summed E-state index contributed by atoms with van der Waals surface area (Å²) >= 11 is 1.24. The summed E-state index contributed by atoms with van der Waals surface area (Å²) < 4.78 is 0. The first-order valence-electron chi connectivity index (χ1n) is 5.92. The summed E-state index contributed by atoms with van der Waals surface area (Å²) in [4.78, 5) is 22.5. The van der Waals surface area contributed by atoms with E-state index in [2.05, 4.69) is 15.5 Å². The Bertz CT molecular complexity index is 381. The fourth-order valence-electron chi connectivity index (χ4n) is 1.56. The van der Waals surface area contributed by atoms with Crippen LogP contribution in [0.4, 0.5) is 5.13 Å². The minimum atomic E-state index is -0.827. The van der Waals surface area contributed by atoms with Gasteiger partial charge in [-0.05, 0) is 12.8 Å². The maximum atomic E-state index is 11.5. The lowest BCUT2D eigenvalue weighted by atomic mass is 9.97. The number of carboxylic acid groups (broad SMARTS) is 1. The van der Waals surface area contributed by atoms with E-state index in [0.717, 1.165) is 12.8 Å². The molecule has 1 aromatic heterocycles. The van der Waals surface area contributed by atoms with Crippen LogP contribution in [0.3, 0.4) is 0 Å². The highest BCUT2D eigenvalue weighted by Gasteiger charge is 2.18. The Hall–Kier alpha value is -1.50. The van der Waals surface area contributed by atoms with Gasteiger partial charge in [0.2, 0.25) is 11.0 Å². The normalized spacial score (nSPS) is 12.1. The molecule has 0 radical (unpaired) electrons. The first-order valence-corrected chi connectivity index (χ1v) is 6.80. The van der Waals surface area contributed by atoms with E-state index in [1.54, 1.807) is 0 Å². The highest BCUT2D eigenvalue weighted by atomic mass is 32.1. The number of anilines is 1. The first kappa shape index (κ1) is 14.6. The number of nitrogens with one attached hydrogen (secondary N) is 1. The Labute approximate surface area is 109 Å². The van der Waals surface area contributed by atoms with Crippen molar-refractivity contribution in [3.63, 3.8) is 0 Å². The summed E-state index contributed by atoms with van der Waals surface area (Å²) in [6.45, 7) is 2.01. The van der Waals surface area contributed by atoms with Gasteiger partial charge in [-0.3, -0.25) is 9.59 Å².